The molecule has 1 aliphatic rings. The van der Waals surface area contributed by atoms with Gasteiger partial charge in [0.1, 0.15) is 0 Å². The van der Waals surface area contributed by atoms with E-state index in [1.807, 2.05) is 13.8 Å². The van der Waals surface area contributed by atoms with Crippen LogP contribution in [0.3, 0.4) is 0 Å². The molecule has 1 saturated heterocycles. The molecule has 0 aromatic carbocycles. The zero-order valence-corrected chi connectivity index (χ0v) is 11.1. The molecule has 82 valence electrons. The third-order valence-corrected chi connectivity index (χ3v) is 9.78. The van der Waals surface area contributed by atoms with Crippen LogP contribution in [-0.2, 0) is 0 Å². The monoisotopic (exact) mass is 215 g/mol. The minimum atomic E-state index is -1.71. The Hall–Kier alpha value is -0.0351. The second kappa shape index (κ2) is 4.22. The molecular weight excluding hydrogens is 192 g/mol. The Morgan fingerprint density at radius 3 is 2.14 bits per heavy atom. The number of carbonyl (C=O) groups excluding carboxylic acids is 1. The molecule has 0 radical (unpaired) electrons. The van der Waals surface area contributed by atoms with Crippen LogP contribution in [0.5, 0.6) is 0 Å². The van der Waals surface area contributed by atoms with Gasteiger partial charge >= 0.3 is 88.4 Å². The summed E-state index contributed by atoms with van der Waals surface area (Å²) >= 11 is 0. The number of rotatable bonds is 2. The molecule has 1 heterocycles. The van der Waals surface area contributed by atoms with E-state index in [9.17, 15) is 4.79 Å². The first-order chi connectivity index (χ1) is 6.39. The van der Waals surface area contributed by atoms with Gasteiger partial charge in [0.05, 0.1) is 0 Å². The summed E-state index contributed by atoms with van der Waals surface area (Å²) in [6.45, 7) is 8.60. The van der Waals surface area contributed by atoms with E-state index >= 15 is 0 Å². The van der Waals surface area contributed by atoms with Crippen molar-refractivity contribution in [3.05, 3.63) is 0 Å². The van der Waals surface area contributed by atoms with Gasteiger partial charge in [-0.2, -0.15) is 0 Å². The quantitative estimate of drug-likeness (QED) is 0.553. The SMILES string of the molecule is B[PH]1(C(=O)NC(C)C)[C@H](C)CC[C@H]1C. The Bertz CT molecular complexity index is 222. The van der Waals surface area contributed by atoms with Gasteiger partial charge in [0, 0.05) is 0 Å². The van der Waals surface area contributed by atoms with E-state index in [-0.39, 0.29) is 6.04 Å². The zero-order chi connectivity index (χ0) is 10.9. The fraction of sp³-hybridized carbons (Fsp3) is 0.900. The summed E-state index contributed by atoms with van der Waals surface area (Å²) in [5.74, 6) is 0. The Labute approximate surface area is 88.9 Å². The molecule has 1 rings (SSSR count). The summed E-state index contributed by atoms with van der Waals surface area (Å²) in [4.78, 5) is 12.1. The average molecular weight is 215 g/mol. The molecule has 0 unspecified atom stereocenters. The summed E-state index contributed by atoms with van der Waals surface area (Å²) < 4.78 is 0. The van der Waals surface area contributed by atoms with Crippen LogP contribution in [0.4, 0.5) is 4.79 Å². The van der Waals surface area contributed by atoms with Crippen molar-refractivity contribution in [1.82, 2.24) is 5.32 Å². The number of hydrogen-bond acceptors (Lipinski definition) is 1. The second-order valence-electron chi connectivity index (χ2n) is 5.29. The first kappa shape index (κ1) is 12.0. The summed E-state index contributed by atoms with van der Waals surface area (Å²) in [5, 5.41) is 3.11. The van der Waals surface area contributed by atoms with Crippen LogP contribution in [0.25, 0.3) is 0 Å². The Balaban J connectivity index is 2.77. The summed E-state index contributed by atoms with van der Waals surface area (Å²) in [6.07, 6.45) is 2.49. The number of nitrogens with one attached hydrogen (secondary N) is 1. The maximum atomic E-state index is 12.1. The first-order valence-corrected chi connectivity index (χ1v) is 8.35. The van der Waals surface area contributed by atoms with Crippen molar-refractivity contribution in [3.8, 4) is 0 Å². The normalized spacial score (nSPS) is 32.9. The summed E-state index contributed by atoms with van der Waals surface area (Å²) in [5.41, 5.74) is 1.68. The third-order valence-electron chi connectivity index (χ3n) is 3.99. The number of amides is 1. The van der Waals surface area contributed by atoms with Crippen molar-refractivity contribution in [2.75, 3.05) is 0 Å². The van der Waals surface area contributed by atoms with Crippen LogP contribution in [0, 0.1) is 0 Å². The van der Waals surface area contributed by atoms with Crippen molar-refractivity contribution in [1.29, 1.82) is 0 Å². The van der Waals surface area contributed by atoms with Crippen LogP contribution in [-0.4, -0.2) is 30.6 Å². The van der Waals surface area contributed by atoms with E-state index < -0.39 is 7.14 Å². The van der Waals surface area contributed by atoms with Gasteiger partial charge in [-0.3, -0.25) is 0 Å². The predicted molar refractivity (Wildman–Crippen MR) is 68.7 cm³/mol. The molecule has 2 atom stereocenters. The molecule has 0 saturated carbocycles. The van der Waals surface area contributed by atoms with Crippen LogP contribution in [0.1, 0.15) is 40.5 Å². The minimum absolute atomic E-state index is 0.284. The molecule has 1 fully saturated rings. The zero-order valence-electron chi connectivity index (χ0n) is 10.1. The van der Waals surface area contributed by atoms with E-state index in [4.69, 9.17) is 0 Å². The van der Waals surface area contributed by atoms with Gasteiger partial charge in [0.25, 0.3) is 0 Å². The number of hydrogen-bond donors (Lipinski definition) is 1. The molecule has 0 bridgehead atoms. The third kappa shape index (κ3) is 1.98. The maximum absolute atomic E-state index is 12.1. The summed E-state index contributed by atoms with van der Waals surface area (Å²) in [7, 11) is 0.548. The first-order valence-electron chi connectivity index (χ1n) is 5.70. The average Bonchev–Trinajstić information content (AvgIpc) is 2.33. The molecular formula is C10H23BNOP. The topological polar surface area (TPSA) is 29.1 Å². The van der Waals surface area contributed by atoms with Gasteiger partial charge in [-0.15, -0.1) is 0 Å². The van der Waals surface area contributed by atoms with Crippen LogP contribution in [0.2, 0.25) is 0 Å². The van der Waals surface area contributed by atoms with E-state index in [0.717, 1.165) is 0 Å². The van der Waals surface area contributed by atoms with E-state index in [0.29, 0.717) is 17.0 Å². The van der Waals surface area contributed by atoms with Gasteiger partial charge in [0.2, 0.25) is 0 Å². The van der Waals surface area contributed by atoms with Crippen molar-refractivity contribution >= 4 is 20.4 Å². The fourth-order valence-corrected chi connectivity index (χ4v) is 6.45. The van der Waals surface area contributed by atoms with Crippen molar-refractivity contribution in [2.24, 2.45) is 0 Å². The van der Waals surface area contributed by atoms with Gasteiger partial charge in [-0.25, -0.2) is 0 Å². The molecule has 0 aromatic heterocycles. The van der Waals surface area contributed by atoms with E-state index in [1.165, 1.54) is 12.8 Å². The Kier molecular flexibility index (Phi) is 3.63. The van der Waals surface area contributed by atoms with Crippen LogP contribution < -0.4 is 5.32 Å². The standard InChI is InChI=1S/C10H23BNOP/c1-7(2)12-10(13)14(11)8(3)5-6-9(14)4/h7-9,14H,5-6,11H2,1-4H3,(H,12,13)/t8-,9-/m1/s1. The van der Waals surface area contributed by atoms with Gasteiger partial charge in [-0.1, -0.05) is 0 Å². The molecule has 1 amide bonds. The van der Waals surface area contributed by atoms with Crippen LogP contribution in [0.15, 0.2) is 0 Å². The van der Waals surface area contributed by atoms with Crippen LogP contribution >= 0.6 is 7.14 Å². The molecule has 2 nitrogen and oxygen atoms in total. The van der Waals surface area contributed by atoms with Crippen molar-refractivity contribution in [3.63, 3.8) is 0 Å². The van der Waals surface area contributed by atoms with Gasteiger partial charge < -0.3 is 0 Å². The Morgan fingerprint density at radius 2 is 1.79 bits per heavy atom. The van der Waals surface area contributed by atoms with E-state index in [1.54, 1.807) is 0 Å². The molecule has 0 aromatic rings. The molecule has 1 N–H and O–H groups in total. The van der Waals surface area contributed by atoms with Gasteiger partial charge in [0.15, 0.2) is 0 Å². The molecule has 0 spiro atoms. The molecule has 4 heteroatoms. The summed E-state index contributed by atoms with van der Waals surface area (Å²) in [6, 6.07) is 0.284. The van der Waals surface area contributed by atoms with E-state index in [2.05, 4.69) is 26.7 Å². The van der Waals surface area contributed by atoms with Crippen molar-refractivity contribution < 1.29 is 4.79 Å². The predicted octanol–water partition coefficient (Wildman–Crippen LogP) is 1.97. The molecule has 0 aliphatic carbocycles. The fourth-order valence-electron chi connectivity index (χ4n) is 2.45. The Morgan fingerprint density at radius 1 is 1.36 bits per heavy atom. The molecule has 1 aliphatic heterocycles. The van der Waals surface area contributed by atoms with Gasteiger partial charge in [-0.05, 0) is 0 Å². The van der Waals surface area contributed by atoms with Crippen molar-refractivity contribution in [2.45, 2.75) is 57.9 Å². The molecule has 14 heavy (non-hydrogen) atoms. The second-order valence-corrected chi connectivity index (χ2v) is 10.3. The number of carbonyl (C=O) groups is 1.